The third-order valence-corrected chi connectivity index (χ3v) is 12.7. The van der Waals surface area contributed by atoms with Gasteiger partial charge in [0.1, 0.15) is 0 Å². The molecule has 1 aliphatic rings. The second kappa shape index (κ2) is 43.5. The fraction of sp³-hybridized carbons (Fsp3) is 0.962. The van der Waals surface area contributed by atoms with Crippen LogP contribution in [0.1, 0.15) is 252 Å². The van der Waals surface area contributed by atoms with Crippen LogP contribution in [0.4, 0.5) is 0 Å². The minimum Gasteiger partial charge on any atom is -0.466 e. The zero-order valence-electron chi connectivity index (χ0n) is 40.0. The van der Waals surface area contributed by atoms with Crippen molar-refractivity contribution in [2.45, 2.75) is 259 Å². The van der Waals surface area contributed by atoms with E-state index in [2.05, 4.69) is 32.6 Å². The van der Waals surface area contributed by atoms with Gasteiger partial charge in [0.25, 0.3) is 0 Å². The molecule has 0 aromatic heterocycles. The van der Waals surface area contributed by atoms with Gasteiger partial charge in [-0.05, 0) is 76.3 Å². The number of hydrogen-bond donors (Lipinski definition) is 0. The Labute approximate surface area is 367 Å². The van der Waals surface area contributed by atoms with Gasteiger partial charge in [0, 0.05) is 32.6 Å². The first-order valence-electron chi connectivity index (χ1n) is 26.2. The van der Waals surface area contributed by atoms with Crippen LogP contribution in [0.15, 0.2) is 0 Å². The van der Waals surface area contributed by atoms with E-state index in [1.807, 2.05) is 0 Å². The molecule has 1 saturated heterocycles. The summed E-state index contributed by atoms with van der Waals surface area (Å²) in [5.74, 6) is 1.43. The van der Waals surface area contributed by atoms with Crippen molar-refractivity contribution in [2.24, 2.45) is 11.8 Å². The SMILES string of the molecule is CCCCCC(CCCCC)CCOC(=O)CCCCCCCCOCC(CN1CCCCC1)OCCCCCCCCC(=O)OCCC(CCCCC)CCCCC. The molecule has 59 heavy (non-hydrogen) atoms. The minimum atomic E-state index is -0.00385. The van der Waals surface area contributed by atoms with E-state index >= 15 is 0 Å². The molecule has 0 bridgehead atoms. The highest BCUT2D eigenvalue weighted by molar-refractivity contribution is 5.69. The van der Waals surface area contributed by atoms with E-state index in [1.54, 1.807) is 0 Å². The van der Waals surface area contributed by atoms with Gasteiger partial charge < -0.3 is 23.8 Å². The molecular weight excluding hydrogens is 735 g/mol. The highest BCUT2D eigenvalue weighted by Gasteiger charge is 2.18. The number of likely N-dealkylation sites (tertiary alicyclic amines) is 1. The van der Waals surface area contributed by atoms with Gasteiger partial charge in [-0.25, -0.2) is 0 Å². The molecule has 7 heteroatoms. The normalized spacial score (nSPS) is 14.1. The van der Waals surface area contributed by atoms with Gasteiger partial charge >= 0.3 is 11.9 Å². The molecule has 1 rings (SSSR count). The highest BCUT2D eigenvalue weighted by Crippen LogP contribution is 2.23. The summed E-state index contributed by atoms with van der Waals surface area (Å²) in [7, 11) is 0. The maximum absolute atomic E-state index is 12.3. The number of piperidine rings is 1. The van der Waals surface area contributed by atoms with Crippen molar-refractivity contribution >= 4 is 11.9 Å². The molecule has 0 aliphatic carbocycles. The topological polar surface area (TPSA) is 74.3 Å². The molecule has 0 N–H and O–H groups in total. The molecule has 0 saturated carbocycles. The van der Waals surface area contributed by atoms with Gasteiger partial charge in [-0.1, -0.05) is 188 Å². The van der Waals surface area contributed by atoms with Crippen LogP contribution in [0.2, 0.25) is 0 Å². The summed E-state index contributed by atoms with van der Waals surface area (Å²) in [5.41, 5.74) is 0. The lowest BCUT2D eigenvalue weighted by molar-refractivity contribution is -0.145. The van der Waals surface area contributed by atoms with Crippen LogP contribution in [0.25, 0.3) is 0 Å². The maximum atomic E-state index is 12.3. The van der Waals surface area contributed by atoms with E-state index in [0.29, 0.717) is 44.5 Å². The Kier molecular flexibility index (Phi) is 41.1. The monoisotopic (exact) mass is 836 g/mol. The van der Waals surface area contributed by atoms with E-state index in [4.69, 9.17) is 18.9 Å². The summed E-state index contributed by atoms with van der Waals surface area (Å²) in [6.45, 7) is 15.9. The fourth-order valence-electron chi connectivity index (χ4n) is 8.73. The molecule has 1 aliphatic heterocycles. The van der Waals surface area contributed by atoms with Crippen LogP contribution in [-0.4, -0.2) is 75.6 Å². The zero-order chi connectivity index (χ0) is 42.7. The summed E-state index contributed by atoms with van der Waals surface area (Å²) < 4.78 is 23.9. The van der Waals surface area contributed by atoms with E-state index in [9.17, 15) is 9.59 Å². The molecule has 0 aromatic carbocycles. The Morgan fingerprint density at radius 3 is 1.29 bits per heavy atom. The number of esters is 2. The standard InChI is InChI=1S/C52H101NO6/c1-5-9-22-32-48(33-23-10-6-2)38-44-58-51(54)36-26-17-13-15-19-30-42-56-47-50(46-53-40-28-21-29-41-53)57-43-31-20-16-14-18-27-37-52(55)59-45-39-49(34-24-11-7-3)35-25-12-8-4/h48-50H,5-47H2,1-4H3. The summed E-state index contributed by atoms with van der Waals surface area (Å²) in [6.07, 6.45) is 41.4. The number of nitrogens with zero attached hydrogens (tertiary/aromatic N) is 1. The predicted octanol–water partition coefficient (Wildman–Crippen LogP) is 14.8. The van der Waals surface area contributed by atoms with Crippen LogP contribution < -0.4 is 0 Å². The second-order valence-electron chi connectivity index (χ2n) is 18.4. The van der Waals surface area contributed by atoms with E-state index < -0.39 is 0 Å². The molecule has 0 radical (unpaired) electrons. The van der Waals surface area contributed by atoms with Crippen LogP contribution in [0, 0.1) is 11.8 Å². The molecule has 0 amide bonds. The lowest BCUT2D eigenvalue weighted by atomic mass is 9.92. The van der Waals surface area contributed by atoms with E-state index in [1.165, 1.54) is 174 Å². The maximum Gasteiger partial charge on any atom is 0.305 e. The van der Waals surface area contributed by atoms with Gasteiger partial charge in [0.05, 0.1) is 25.9 Å². The minimum absolute atomic E-state index is 0.00326. The van der Waals surface area contributed by atoms with Crippen molar-refractivity contribution in [1.82, 2.24) is 4.90 Å². The van der Waals surface area contributed by atoms with Gasteiger partial charge in [0.15, 0.2) is 0 Å². The quantitative estimate of drug-likeness (QED) is 0.0447. The average Bonchev–Trinajstić information content (AvgIpc) is 3.23. The summed E-state index contributed by atoms with van der Waals surface area (Å²) in [5, 5.41) is 0. The molecule has 0 aromatic rings. The molecule has 1 heterocycles. The number of rotatable bonds is 45. The van der Waals surface area contributed by atoms with Gasteiger partial charge in [-0.3, -0.25) is 9.59 Å². The van der Waals surface area contributed by atoms with Crippen LogP contribution in [-0.2, 0) is 28.5 Å². The molecule has 7 nitrogen and oxygen atoms in total. The van der Waals surface area contributed by atoms with Crippen LogP contribution in [0.5, 0.6) is 0 Å². The number of carbonyl (C=O) groups excluding carboxylic acids is 2. The Morgan fingerprint density at radius 1 is 0.441 bits per heavy atom. The summed E-state index contributed by atoms with van der Waals surface area (Å²) in [6, 6.07) is 0. The largest absolute Gasteiger partial charge is 0.466 e. The van der Waals surface area contributed by atoms with Crippen LogP contribution in [0.3, 0.4) is 0 Å². The fourth-order valence-corrected chi connectivity index (χ4v) is 8.73. The van der Waals surface area contributed by atoms with Crippen molar-refractivity contribution in [3.05, 3.63) is 0 Å². The molecule has 1 fully saturated rings. The number of ether oxygens (including phenoxy) is 4. The molecule has 0 spiro atoms. The lowest BCUT2D eigenvalue weighted by Gasteiger charge is -2.30. The van der Waals surface area contributed by atoms with Gasteiger partial charge in [0.2, 0.25) is 0 Å². The smallest absolute Gasteiger partial charge is 0.305 e. The molecule has 1 atom stereocenters. The van der Waals surface area contributed by atoms with Crippen molar-refractivity contribution in [3.63, 3.8) is 0 Å². The van der Waals surface area contributed by atoms with Crippen molar-refractivity contribution in [2.75, 3.05) is 52.7 Å². The number of hydrogen-bond acceptors (Lipinski definition) is 7. The number of unbranched alkanes of at least 4 members (excludes halogenated alkanes) is 18. The highest BCUT2D eigenvalue weighted by atomic mass is 16.5. The summed E-state index contributed by atoms with van der Waals surface area (Å²) in [4.78, 5) is 27.2. The Morgan fingerprint density at radius 2 is 0.847 bits per heavy atom. The van der Waals surface area contributed by atoms with Crippen LogP contribution >= 0.6 is 0 Å². The molecule has 350 valence electrons. The first kappa shape index (κ1) is 55.8. The first-order chi connectivity index (χ1) is 29.0. The zero-order valence-corrected chi connectivity index (χ0v) is 40.0. The third-order valence-electron chi connectivity index (χ3n) is 12.7. The predicted molar refractivity (Wildman–Crippen MR) is 250 cm³/mol. The van der Waals surface area contributed by atoms with Gasteiger partial charge in [-0.15, -0.1) is 0 Å². The molecular formula is C52H101NO6. The van der Waals surface area contributed by atoms with E-state index in [0.717, 1.165) is 71.1 Å². The average molecular weight is 836 g/mol. The van der Waals surface area contributed by atoms with Crippen molar-refractivity contribution < 1.29 is 28.5 Å². The summed E-state index contributed by atoms with van der Waals surface area (Å²) >= 11 is 0. The van der Waals surface area contributed by atoms with E-state index in [-0.39, 0.29) is 18.0 Å². The Bertz CT molecular complexity index is 874. The first-order valence-corrected chi connectivity index (χ1v) is 26.2. The van der Waals surface area contributed by atoms with Crippen molar-refractivity contribution in [3.8, 4) is 0 Å². The lowest BCUT2D eigenvalue weighted by Crippen LogP contribution is -2.39. The number of carbonyl (C=O) groups is 2. The Balaban J connectivity index is 2.11. The molecule has 1 unspecified atom stereocenters. The Hall–Kier alpha value is -1.18. The third kappa shape index (κ3) is 37.1. The second-order valence-corrected chi connectivity index (χ2v) is 18.4. The van der Waals surface area contributed by atoms with Gasteiger partial charge in [-0.2, -0.15) is 0 Å². The van der Waals surface area contributed by atoms with Crippen molar-refractivity contribution in [1.29, 1.82) is 0 Å².